The van der Waals surface area contributed by atoms with Gasteiger partial charge >= 0.3 is 0 Å². The van der Waals surface area contributed by atoms with Gasteiger partial charge in [-0.2, -0.15) is 0 Å². The number of hydrogen-bond acceptors (Lipinski definition) is 6. The molecule has 0 saturated carbocycles. The van der Waals surface area contributed by atoms with Crippen molar-refractivity contribution in [2.45, 2.75) is 52.2 Å². The van der Waals surface area contributed by atoms with Crippen LogP contribution in [0.15, 0.2) is 30.6 Å². The van der Waals surface area contributed by atoms with Gasteiger partial charge in [-0.15, -0.1) is 0 Å². The van der Waals surface area contributed by atoms with Crippen molar-refractivity contribution in [3.05, 3.63) is 58.7 Å². The smallest absolute Gasteiger partial charge is 0.270 e. The zero-order chi connectivity index (χ0) is 24.1. The summed E-state index contributed by atoms with van der Waals surface area (Å²) in [6.45, 7) is 7.72. The number of benzene rings is 1. The maximum Gasteiger partial charge on any atom is 0.270 e. The number of aliphatic hydroxyl groups is 1. The Morgan fingerprint density at radius 1 is 1.21 bits per heavy atom. The van der Waals surface area contributed by atoms with Crippen molar-refractivity contribution in [2.24, 2.45) is 5.92 Å². The van der Waals surface area contributed by atoms with Crippen LogP contribution in [0.2, 0.25) is 0 Å². The van der Waals surface area contributed by atoms with Crippen LogP contribution >= 0.6 is 0 Å². The van der Waals surface area contributed by atoms with Gasteiger partial charge in [-0.1, -0.05) is 18.2 Å². The van der Waals surface area contributed by atoms with Gasteiger partial charge < -0.3 is 15.3 Å². The molecular weight excluding hydrogens is 430 g/mol. The van der Waals surface area contributed by atoms with Crippen LogP contribution in [0.3, 0.4) is 0 Å². The number of β-amino-alcohol motifs (C(OH)–C–C–N with tert-alkyl or cyclic N) is 1. The quantitative estimate of drug-likeness (QED) is 0.646. The SMILES string of the molecule is CC(=O)N1CCC(Cc2cc(C(=O)NC[C@H](O)CN3CCc4cccc(C)c4C3)ncn2)CC1. The Morgan fingerprint density at radius 2 is 2.00 bits per heavy atom. The molecule has 1 aromatic heterocycles. The van der Waals surface area contributed by atoms with Crippen molar-refractivity contribution in [2.75, 3.05) is 32.7 Å². The Balaban J connectivity index is 1.24. The van der Waals surface area contributed by atoms with Gasteiger partial charge in [0.2, 0.25) is 5.91 Å². The van der Waals surface area contributed by atoms with E-state index in [4.69, 9.17) is 0 Å². The van der Waals surface area contributed by atoms with E-state index in [1.807, 2.05) is 4.90 Å². The van der Waals surface area contributed by atoms with E-state index in [2.05, 4.69) is 45.3 Å². The Bertz CT molecular complexity index is 1020. The summed E-state index contributed by atoms with van der Waals surface area (Å²) in [5, 5.41) is 13.3. The third kappa shape index (κ3) is 6.18. The van der Waals surface area contributed by atoms with Crippen LogP contribution in [0.1, 0.15) is 52.6 Å². The van der Waals surface area contributed by atoms with Crippen molar-refractivity contribution in [3.63, 3.8) is 0 Å². The summed E-state index contributed by atoms with van der Waals surface area (Å²) < 4.78 is 0. The molecule has 2 amide bonds. The molecule has 1 aromatic carbocycles. The maximum atomic E-state index is 12.6. The van der Waals surface area contributed by atoms with Crippen molar-refractivity contribution in [1.29, 1.82) is 0 Å². The first-order valence-corrected chi connectivity index (χ1v) is 12.2. The molecule has 0 spiro atoms. The van der Waals surface area contributed by atoms with E-state index in [1.54, 1.807) is 13.0 Å². The minimum atomic E-state index is -0.651. The number of carbonyl (C=O) groups is 2. The fourth-order valence-electron chi connectivity index (χ4n) is 5.01. The number of amides is 2. The highest BCUT2D eigenvalue weighted by molar-refractivity contribution is 5.92. The first-order valence-electron chi connectivity index (χ1n) is 12.2. The number of nitrogens with zero attached hydrogens (tertiary/aromatic N) is 4. The lowest BCUT2D eigenvalue weighted by atomic mass is 9.92. The molecule has 34 heavy (non-hydrogen) atoms. The fraction of sp³-hybridized carbons (Fsp3) is 0.538. The number of likely N-dealkylation sites (tertiary alicyclic amines) is 1. The summed E-state index contributed by atoms with van der Waals surface area (Å²) >= 11 is 0. The summed E-state index contributed by atoms with van der Waals surface area (Å²) in [5.74, 6) is 0.275. The van der Waals surface area contributed by atoms with Crippen LogP contribution in [0, 0.1) is 12.8 Å². The van der Waals surface area contributed by atoms with Crippen molar-refractivity contribution in [1.82, 2.24) is 25.1 Å². The Morgan fingerprint density at radius 3 is 2.76 bits per heavy atom. The highest BCUT2D eigenvalue weighted by atomic mass is 16.3. The van der Waals surface area contributed by atoms with Crippen LogP contribution in [0.4, 0.5) is 0 Å². The molecule has 0 radical (unpaired) electrons. The first-order chi connectivity index (χ1) is 16.4. The number of fused-ring (bicyclic) bond motifs is 1. The van der Waals surface area contributed by atoms with Crippen LogP contribution in [0.5, 0.6) is 0 Å². The molecule has 2 aliphatic rings. The third-order valence-corrected chi connectivity index (χ3v) is 7.07. The summed E-state index contributed by atoms with van der Waals surface area (Å²) in [4.78, 5) is 36.7. The minimum absolute atomic E-state index is 0.127. The van der Waals surface area contributed by atoms with Gasteiger partial charge in [0.25, 0.3) is 5.91 Å². The van der Waals surface area contributed by atoms with E-state index in [9.17, 15) is 14.7 Å². The Hall–Kier alpha value is -2.84. The van der Waals surface area contributed by atoms with Gasteiger partial charge in [-0.25, -0.2) is 9.97 Å². The van der Waals surface area contributed by atoms with E-state index in [1.165, 1.54) is 23.0 Å². The number of piperidine rings is 1. The molecule has 2 N–H and O–H groups in total. The molecule has 8 heteroatoms. The number of hydrogen-bond donors (Lipinski definition) is 2. The summed E-state index contributed by atoms with van der Waals surface area (Å²) in [6.07, 6.45) is 4.41. The van der Waals surface area contributed by atoms with Gasteiger partial charge in [0.15, 0.2) is 0 Å². The van der Waals surface area contributed by atoms with Crippen molar-refractivity contribution in [3.8, 4) is 0 Å². The van der Waals surface area contributed by atoms with Crippen LogP contribution < -0.4 is 5.32 Å². The van der Waals surface area contributed by atoms with Crippen molar-refractivity contribution >= 4 is 11.8 Å². The highest BCUT2D eigenvalue weighted by Gasteiger charge is 2.23. The predicted molar refractivity (Wildman–Crippen MR) is 129 cm³/mol. The number of carbonyl (C=O) groups excluding carboxylic acids is 2. The molecule has 8 nitrogen and oxygen atoms in total. The summed E-state index contributed by atoms with van der Waals surface area (Å²) in [6, 6.07) is 8.15. The number of aliphatic hydroxyl groups excluding tert-OH is 1. The van der Waals surface area contributed by atoms with Crippen LogP contribution in [0.25, 0.3) is 0 Å². The van der Waals surface area contributed by atoms with E-state index in [0.717, 1.165) is 57.6 Å². The molecule has 1 fully saturated rings. The standard InChI is InChI=1S/C26H35N5O3/c1-18-4-3-5-21-8-9-30(16-24(18)21)15-23(33)14-27-26(34)25-13-22(28-17-29-25)12-20-6-10-31(11-7-20)19(2)32/h3-5,13,17,20,23,33H,6-12,14-16H2,1-2H3,(H,27,34)/t23-/m0/s1. The van der Waals surface area contributed by atoms with Crippen molar-refractivity contribution < 1.29 is 14.7 Å². The van der Waals surface area contributed by atoms with E-state index in [-0.39, 0.29) is 18.4 Å². The normalized spacial score (nSPS) is 17.8. The van der Waals surface area contributed by atoms with E-state index in [0.29, 0.717) is 18.2 Å². The average molecular weight is 466 g/mol. The molecule has 3 heterocycles. The van der Waals surface area contributed by atoms with E-state index >= 15 is 0 Å². The molecule has 0 bridgehead atoms. The van der Waals surface area contributed by atoms with Gasteiger partial charge in [0, 0.05) is 51.9 Å². The lowest BCUT2D eigenvalue weighted by molar-refractivity contribution is -0.130. The monoisotopic (exact) mass is 465 g/mol. The second-order valence-corrected chi connectivity index (χ2v) is 9.61. The number of aryl methyl sites for hydroxylation is 1. The summed E-state index contributed by atoms with van der Waals surface area (Å²) in [5.41, 5.74) is 5.19. The molecule has 2 aliphatic heterocycles. The third-order valence-electron chi connectivity index (χ3n) is 7.07. The highest BCUT2D eigenvalue weighted by Crippen LogP contribution is 2.23. The van der Waals surface area contributed by atoms with Gasteiger partial charge in [0.1, 0.15) is 12.0 Å². The Labute approximate surface area is 201 Å². The second kappa shape index (κ2) is 11.1. The number of nitrogens with one attached hydrogen (secondary N) is 1. The molecule has 1 saturated heterocycles. The first kappa shape index (κ1) is 24.3. The molecular formula is C26H35N5O3. The van der Waals surface area contributed by atoms with Gasteiger partial charge in [0.05, 0.1) is 6.10 Å². The molecule has 0 unspecified atom stereocenters. The zero-order valence-electron chi connectivity index (χ0n) is 20.2. The largest absolute Gasteiger partial charge is 0.390 e. The number of aromatic nitrogens is 2. The lowest BCUT2D eigenvalue weighted by Gasteiger charge is -2.31. The predicted octanol–water partition coefficient (Wildman–Crippen LogP) is 1.74. The fourth-order valence-corrected chi connectivity index (χ4v) is 5.01. The molecule has 182 valence electrons. The topological polar surface area (TPSA) is 98.7 Å². The summed E-state index contributed by atoms with van der Waals surface area (Å²) in [7, 11) is 0. The molecule has 0 aliphatic carbocycles. The van der Waals surface area contributed by atoms with Crippen LogP contribution in [-0.4, -0.2) is 75.5 Å². The van der Waals surface area contributed by atoms with Gasteiger partial charge in [-0.3, -0.25) is 14.5 Å². The molecule has 4 rings (SSSR count). The van der Waals surface area contributed by atoms with E-state index < -0.39 is 6.10 Å². The maximum absolute atomic E-state index is 12.6. The molecule has 2 aromatic rings. The molecule has 1 atom stereocenters. The lowest BCUT2D eigenvalue weighted by Crippen LogP contribution is -2.42. The average Bonchev–Trinajstić information content (AvgIpc) is 2.83. The van der Waals surface area contributed by atoms with Gasteiger partial charge in [-0.05, 0) is 61.3 Å². The second-order valence-electron chi connectivity index (χ2n) is 9.61. The Kier molecular flexibility index (Phi) is 7.90. The zero-order valence-corrected chi connectivity index (χ0v) is 20.2. The number of rotatable bonds is 7. The van der Waals surface area contributed by atoms with Crippen LogP contribution in [-0.2, 0) is 24.2 Å². The minimum Gasteiger partial charge on any atom is -0.390 e.